The number of hydrogen-bond acceptors (Lipinski definition) is 3. The molecule has 3 atom stereocenters. The van der Waals surface area contributed by atoms with E-state index in [1.165, 1.54) is 0 Å². The first-order valence-corrected chi connectivity index (χ1v) is 10.4. The summed E-state index contributed by atoms with van der Waals surface area (Å²) in [5.74, 6) is 3.52. The monoisotopic (exact) mass is 502 g/mol. The molecule has 0 aliphatic heterocycles. The molecule has 2 aromatic carbocycles. The molecule has 0 amide bonds. The highest BCUT2D eigenvalue weighted by atomic mass is 79.9. The normalized spacial score (nSPS) is 20.4. The molecular formula is C23H20Br2O3. The van der Waals surface area contributed by atoms with Crippen molar-refractivity contribution in [3.05, 3.63) is 69.6 Å². The molecule has 3 rings (SSSR count). The van der Waals surface area contributed by atoms with Crippen molar-refractivity contribution in [1.82, 2.24) is 0 Å². The minimum atomic E-state index is -0.764. The first-order valence-electron chi connectivity index (χ1n) is 8.85. The van der Waals surface area contributed by atoms with E-state index in [0.29, 0.717) is 11.3 Å². The van der Waals surface area contributed by atoms with Crippen molar-refractivity contribution in [2.75, 3.05) is 0 Å². The first-order chi connectivity index (χ1) is 13.3. The van der Waals surface area contributed by atoms with Crippen molar-refractivity contribution < 1.29 is 14.3 Å². The maximum Gasteiger partial charge on any atom is 0.311 e. The van der Waals surface area contributed by atoms with E-state index in [1.54, 1.807) is 6.07 Å². The van der Waals surface area contributed by atoms with Gasteiger partial charge in [0.25, 0.3) is 0 Å². The number of halogens is 2. The number of rotatable bonds is 6. The third-order valence-corrected chi connectivity index (χ3v) is 5.52. The molecule has 1 saturated carbocycles. The first kappa shape index (κ1) is 20.7. The van der Waals surface area contributed by atoms with Gasteiger partial charge in [-0.25, -0.2) is 0 Å². The fourth-order valence-corrected chi connectivity index (χ4v) is 3.90. The standard InChI is InChI=1S/C23H20Br2O3/c1-4-19(28-22(26)21-18(14-20(24)25)23(21,2)3)15-9-8-12-17(13-15)27-16-10-6-5-7-11-16/h1,5-14,18-19,21H,2-3H3/t18-,19-,21-/m1/s1. The van der Waals surface area contributed by atoms with E-state index in [1.807, 2.05) is 68.5 Å². The number of para-hydroxylation sites is 1. The van der Waals surface area contributed by atoms with Crippen LogP contribution < -0.4 is 4.74 Å². The third-order valence-electron chi connectivity index (χ3n) is 5.00. The van der Waals surface area contributed by atoms with E-state index < -0.39 is 6.10 Å². The van der Waals surface area contributed by atoms with Crippen LogP contribution in [0.1, 0.15) is 25.5 Å². The molecule has 0 bridgehead atoms. The molecule has 0 N–H and O–H groups in total. The lowest BCUT2D eigenvalue weighted by Gasteiger charge is -2.15. The van der Waals surface area contributed by atoms with Crippen molar-refractivity contribution in [1.29, 1.82) is 0 Å². The second-order valence-electron chi connectivity index (χ2n) is 7.25. The number of carbonyl (C=O) groups excluding carboxylic acids is 1. The zero-order valence-corrected chi connectivity index (χ0v) is 18.7. The number of benzene rings is 2. The Hall–Kier alpha value is -2.03. The maximum absolute atomic E-state index is 12.7. The smallest absolute Gasteiger partial charge is 0.311 e. The molecule has 0 unspecified atom stereocenters. The van der Waals surface area contributed by atoms with Gasteiger partial charge in [0, 0.05) is 5.56 Å². The summed E-state index contributed by atoms with van der Waals surface area (Å²) >= 11 is 6.72. The molecule has 1 aliphatic rings. The van der Waals surface area contributed by atoms with Gasteiger partial charge in [-0.15, -0.1) is 6.42 Å². The maximum atomic E-state index is 12.7. The Bertz CT molecular complexity index is 924. The van der Waals surface area contributed by atoms with Crippen LogP contribution in [0.25, 0.3) is 0 Å². The number of terminal acetylenes is 1. The summed E-state index contributed by atoms with van der Waals surface area (Å²) in [5, 5.41) is 0. The summed E-state index contributed by atoms with van der Waals surface area (Å²) in [7, 11) is 0. The Labute approximate surface area is 182 Å². The minimum absolute atomic E-state index is 0.0972. The van der Waals surface area contributed by atoms with Crippen molar-refractivity contribution in [2.24, 2.45) is 17.3 Å². The fraction of sp³-hybridized carbons (Fsp3) is 0.261. The van der Waals surface area contributed by atoms with Gasteiger partial charge in [0.1, 0.15) is 11.5 Å². The summed E-state index contributed by atoms with van der Waals surface area (Å²) in [6.45, 7) is 4.09. The number of carbonyl (C=O) groups is 1. The SMILES string of the molecule is C#C[C@@H](OC(=O)[C@H]1[C@@H](C=C(Br)Br)C1(C)C)c1cccc(Oc2ccccc2)c1. The predicted octanol–water partition coefficient (Wildman–Crippen LogP) is 6.60. The Morgan fingerprint density at radius 2 is 1.82 bits per heavy atom. The van der Waals surface area contributed by atoms with Gasteiger partial charge >= 0.3 is 5.97 Å². The van der Waals surface area contributed by atoms with E-state index in [4.69, 9.17) is 15.9 Å². The van der Waals surface area contributed by atoms with Crippen LogP contribution in [0.4, 0.5) is 0 Å². The Morgan fingerprint density at radius 3 is 2.46 bits per heavy atom. The topological polar surface area (TPSA) is 35.5 Å². The molecule has 2 aromatic rings. The van der Waals surface area contributed by atoms with E-state index in [-0.39, 0.29) is 23.2 Å². The molecule has 0 aromatic heterocycles. The van der Waals surface area contributed by atoms with Crippen LogP contribution in [0.3, 0.4) is 0 Å². The average Bonchev–Trinajstić information content (AvgIpc) is 3.20. The molecule has 5 heteroatoms. The minimum Gasteiger partial charge on any atom is -0.457 e. The van der Waals surface area contributed by atoms with Crippen LogP contribution in [0.15, 0.2) is 64.1 Å². The van der Waals surface area contributed by atoms with Gasteiger partial charge in [0.2, 0.25) is 0 Å². The van der Waals surface area contributed by atoms with Crippen molar-refractivity contribution in [3.8, 4) is 23.8 Å². The Morgan fingerprint density at radius 1 is 1.14 bits per heavy atom. The lowest BCUT2D eigenvalue weighted by Crippen LogP contribution is -2.14. The van der Waals surface area contributed by atoms with Gasteiger partial charge in [-0.3, -0.25) is 4.79 Å². The molecule has 3 nitrogen and oxygen atoms in total. The van der Waals surface area contributed by atoms with E-state index in [0.717, 1.165) is 9.14 Å². The predicted molar refractivity (Wildman–Crippen MR) is 117 cm³/mol. The molecular weight excluding hydrogens is 484 g/mol. The lowest BCUT2D eigenvalue weighted by molar-refractivity contribution is -0.149. The van der Waals surface area contributed by atoms with Gasteiger partial charge in [0.05, 0.1) is 9.31 Å². The quantitative estimate of drug-likeness (QED) is 0.329. The van der Waals surface area contributed by atoms with Crippen LogP contribution in [-0.2, 0) is 9.53 Å². The van der Waals surface area contributed by atoms with E-state index in [9.17, 15) is 4.79 Å². The molecule has 0 radical (unpaired) electrons. The summed E-state index contributed by atoms with van der Waals surface area (Å²) < 4.78 is 12.3. The highest BCUT2D eigenvalue weighted by Crippen LogP contribution is 2.60. The molecule has 1 fully saturated rings. The number of ether oxygens (including phenoxy) is 2. The van der Waals surface area contributed by atoms with Crippen molar-refractivity contribution >= 4 is 37.8 Å². The largest absolute Gasteiger partial charge is 0.457 e. The average molecular weight is 504 g/mol. The molecule has 0 spiro atoms. The van der Waals surface area contributed by atoms with Gasteiger partial charge in [0.15, 0.2) is 6.10 Å². The molecule has 28 heavy (non-hydrogen) atoms. The van der Waals surface area contributed by atoms with Crippen molar-refractivity contribution in [2.45, 2.75) is 20.0 Å². The highest BCUT2D eigenvalue weighted by molar-refractivity contribution is 9.28. The van der Waals surface area contributed by atoms with Gasteiger partial charge < -0.3 is 9.47 Å². The number of allylic oxidation sites excluding steroid dienone is 1. The third kappa shape index (κ3) is 4.68. The van der Waals surface area contributed by atoms with Crippen molar-refractivity contribution in [3.63, 3.8) is 0 Å². The van der Waals surface area contributed by atoms with Gasteiger partial charge in [-0.05, 0) is 67.5 Å². The van der Waals surface area contributed by atoms with Crippen LogP contribution in [0, 0.1) is 29.6 Å². The summed E-state index contributed by atoms with van der Waals surface area (Å²) in [4.78, 5) is 12.7. The van der Waals surface area contributed by atoms with Crippen LogP contribution in [0.2, 0.25) is 0 Å². The zero-order valence-electron chi connectivity index (χ0n) is 15.6. The van der Waals surface area contributed by atoms with Crippen LogP contribution in [0.5, 0.6) is 11.5 Å². The van der Waals surface area contributed by atoms with Crippen LogP contribution >= 0.6 is 31.9 Å². The summed E-state index contributed by atoms with van der Waals surface area (Å²) in [6.07, 6.45) is 6.88. The van der Waals surface area contributed by atoms with Gasteiger partial charge in [-0.1, -0.05) is 56.2 Å². The van der Waals surface area contributed by atoms with E-state index in [2.05, 4.69) is 37.8 Å². The van der Waals surface area contributed by atoms with E-state index >= 15 is 0 Å². The second kappa shape index (κ2) is 8.55. The number of esters is 1. The summed E-state index contributed by atoms with van der Waals surface area (Å²) in [5.41, 5.74) is 0.540. The lowest BCUT2D eigenvalue weighted by atomic mass is 10.1. The molecule has 1 aliphatic carbocycles. The number of hydrogen-bond donors (Lipinski definition) is 0. The highest BCUT2D eigenvalue weighted by Gasteiger charge is 2.61. The molecule has 144 valence electrons. The van der Waals surface area contributed by atoms with Gasteiger partial charge in [-0.2, -0.15) is 0 Å². The Balaban J connectivity index is 1.72. The Kier molecular flexibility index (Phi) is 6.32. The molecule has 0 heterocycles. The molecule has 0 saturated heterocycles. The fourth-order valence-electron chi connectivity index (χ4n) is 3.33. The van der Waals surface area contributed by atoms with Crippen LogP contribution in [-0.4, -0.2) is 5.97 Å². The summed E-state index contributed by atoms with van der Waals surface area (Å²) in [6, 6.07) is 16.8. The second-order valence-corrected chi connectivity index (χ2v) is 10.0. The zero-order chi connectivity index (χ0) is 20.3.